The highest BCUT2D eigenvalue weighted by Crippen LogP contribution is 2.36. The minimum Gasteiger partial charge on any atom is -0.135 e. The van der Waals surface area contributed by atoms with Gasteiger partial charge in [0, 0.05) is 29.1 Å². The normalized spacial score (nSPS) is 11.3. The van der Waals surface area contributed by atoms with E-state index < -0.39 is 0 Å². The zero-order valence-electron chi connectivity index (χ0n) is 14.2. The Labute approximate surface area is 178 Å². The molecule has 0 fully saturated rings. The van der Waals surface area contributed by atoms with E-state index in [1.165, 1.54) is 42.4 Å². The van der Waals surface area contributed by atoms with Crippen molar-refractivity contribution in [1.29, 1.82) is 0 Å². The van der Waals surface area contributed by atoms with Crippen molar-refractivity contribution in [3.63, 3.8) is 0 Å². The summed E-state index contributed by atoms with van der Waals surface area (Å²) in [5.41, 5.74) is 4.91. The molecular formula is C24H14Br2S. The van der Waals surface area contributed by atoms with Crippen LogP contribution in [0.1, 0.15) is 0 Å². The lowest BCUT2D eigenvalue weighted by Crippen LogP contribution is -1.81. The maximum absolute atomic E-state index is 3.57. The fourth-order valence-electron chi connectivity index (χ4n) is 3.48. The fraction of sp³-hybridized carbons (Fsp3) is 0. The SMILES string of the molecule is Brc1cc(Br)cc(-c2ccc(-c3ccc4c(c3)sc3ccccc34)cc2)c1. The lowest BCUT2D eigenvalue weighted by molar-refractivity contribution is 1.56. The topological polar surface area (TPSA) is 0 Å². The van der Waals surface area contributed by atoms with Crippen molar-refractivity contribution < 1.29 is 0 Å². The number of fused-ring (bicyclic) bond motifs is 3. The molecule has 0 atom stereocenters. The first-order valence-electron chi connectivity index (χ1n) is 8.66. The molecule has 0 aliphatic rings. The van der Waals surface area contributed by atoms with Gasteiger partial charge in [-0.15, -0.1) is 11.3 Å². The van der Waals surface area contributed by atoms with E-state index in [1.807, 2.05) is 11.3 Å². The quantitative estimate of drug-likeness (QED) is 0.230. The van der Waals surface area contributed by atoms with Crippen LogP contribution >= 0.6 is 43.2 Å². The monoisotopic (exact) mass is 492 g/mol. The van der Waals surface area contributed by atoms with Crippen LogP contribution in [-0.2, 0) is 0 Å². The molecule has 0 aliphatic heterocycles. The molecular weight excluding hydrogens is 480 g/mol. The molecule has 0 unspecified atom stereocenters. The van der Waals surface area contributed by atoms with Crippen LogP contribution in [0.2, 0.25) is 0 Å². The molecule has 4 aromatic carbocycles. The molecule has 0 saturated carbocycles. The molecule has 5 aromatic rings. The number of benzene rings is 4. The van der Waals surface area contributed by atoms with E-state index in [1.54, 1.807) is 0 Å². The Hall–Kier alpha value is -1.94. The standard InChI is InChI=1S/C24H14Br2S/c25-19-11-18(12-20(26)14-19)16-7-5-15(6-8-16)17-9-10-22-21-3-1-2-4-23(21)27-24(22)13-17/h1-14H. The van der Waals surface area contributed by atoms with E-state index >= 15 is 0 Å². The van der Waals surface area contributed by atoms with E-state index in [4.69, 9.17) is 0 Å². The van der Waals surface area contributed by atoms with Crippen molar-refractivity contribution in [2.24, 2.45) is 0 Å². The van der Waals surface area contributed by atoms with Gasteiger partial charge in [-0.2, -0.15) is 0 Å². The van der Waals surface area contributed by atoms with Crippen LogP contribution in [0.15, 0.2) is 93.9 Å². The molecule has 0 N–H and O–H groups in total. The lowest BCUT2D eigenvalue weighted by Gasteiger charge is -2.07. The van der Waals surface area contributed by atoms with Crippen LogP contribution in [0.4, 0.5) is 0 Å². The molecule has 0 radical (unpaired) electrons. The highest BCUT2D eigenvalue weighted by molar-refractivity contribution is 9.11. The highest BCUT2D eigenvalue weighted by atomic mass is 79.9. The Morgan fingerprint density at radius 1 is 0.481 bits per heavy atom. The molecule has 0 bridgehead atoms. The van der Waals surface area contributed by atoms with Gasteiger partial charge in [-0.25, -0.2) is 0 Å². The molecule has 5 rings (SSSR count). The van der Waals surface area contributed by atoms with Crippen molar-refractivity contribution in [2.75, 3.05) is 0 Å². The second-order valence-corrected chi connectivity index (χ2v) is 9.46. The highest BCUT2D eigenvalue weighted by Gasteiger charge is 2.07. The van der Waals surface area contributed by atoms with Crippen LogP contribution in [0.3, 0.4) is 0 Å². The average Bonchev–Trinajstić information content (AvgIpc) is 3.05. The van der Waals surface area contributed by atoms with Crippen LogP contribution in [0, 0.1) is 0 Å². The summed E-state index contributed by atoms with van der Waals surface area (Å²) in [5, 5.41) is 2.69. The third-order valence-corrected chi connectivity index (χ3v) is 6.84. The van der Waals surface area contributed by atoms with Gasteiger partial charge < -0.3 is 0 Å². The van der Waals surface area contributed by atoms with Gasteiger partial charge in [0.05, 0.1) is 0 Å². The number of hydrogen-bond donors (Lipinski definition) is 0. The van der Waals surface area contributed by atoms with Crippen LogP contribution < -0.4 is 0 Å². The number of hydrogen-bond acceptors (Lipinski definition) is 1. The maximum atomic E-state index is 3.57. The third kappa shape index (κ3) is 3.25. The minimum atomic E-state index is 1.08. The van der Waals surface area contributed by atoms with Gasteiger partial charge in [0.2, 0.25) is 0 Å². The summed E-state index contributed by atoms with van der Waals surface area (Å²) in [5.74, 6) is 0. The Morgan fingerprint density at radius 3 is 1.81 bits per heavy atom. The first-order valence-corrected chi connectivity index (χ1v) is 11.1. The molecule has 0 saturated heterocycles. The van der Waals surface area contributed by atoms with Crippen molar-refractivity contribution in [3.8, 4) is 22.3 Å². The van der Waals surface area contributed by atoms with Crippen molar-refractivity contribution in [3.05, 3.63) is 93.9 Å². The molecule has 0 amide bonds. The summed E-state index contributed by atoms with van der Waals surface area (Å²) >= 11 is 9.00. The van der Waals surface area contributed by atoms with E-state index in [2.05, 4.69) is 117 Å². The molecule has 0 spiro atoms. The molecule has 3 heteroatoms. The van der Waals surface area contributed by atoms with E-state index in [-0.39, 0.29) is 0 Å². The number of halogens is 2. The molecule has 1 heterocycles. The number of thiophene rings is 1. The van der Waals surface area contributed by atoms with Crippen LogP contribution in [0.25, 0.3) is 42.4 Å². The average molecular weight is 494 g/mol. The molecule has 0 aliphatic carbocycles. The summed E-state index contributed by atoms with van der Waals surface area (Å²) in [6, 6.07) is 30.6. The van der Waals surface area contributed by atoms with E-state index in [0.29, 0.717) is 0 Å². The summed E-state index contributed by atoms with van der Waals surface area (Å²) in [6.45, 7) is 0. The minimum absolute atomic E-state index is 1.08. The largest absolute Gasteiger partial charge is 0.135 e. The zero-order valence-corrected chi connectivity index (χ0v) is 18.2. The van der Waals surface area contributed by atoms with Crippen molar-refractivity contribution in [2.45, 2.75) is 0 Å². The smallest absolute Gasteiger partial charge is 0.0361 e. The Kier molecular flexibility index (Phi) is 4.39. The van der Waals surface area contributed by atoms with Crippen LogP contribution in [0.5, 0.6) is 0 Å². The van der Waals surface area contributed by atoms with Crippen molar-refractivity contribution in [1.82, 2.24) is 0 Å². The van der Waals surface area contributed by atoms with Gasteiger partial charge >= 0.3 is 0 Å². The van der Waals surface area contributed by atoms with Crippen molar-refractivity contribution >= 4 is 63.4 Å². The lowest BCUT2D eigenvalue weighted by atomic mass is 9.99. The van der Waals surface area contributed by atoms with Gasteiger partial charge in [-0.3, -0.25) is 0 Å². The number of rotatable bonds is 2. The summed E-state index contributed by atoms with van der Waals surface area (Å²) in [4.78, 5) is 0. The van der Waals surface area contributed by atoms with Gasteiger partial charge in [-0.05, 0) is 52.6 Å². The molecule has 27 heavy (non-hydrogen) atoms. The molecule has 1 aromatic heterocycles. The third-order valence-electron chi connectivity index (χ3n) is 4.79. The summed E-state index contributed by atoms with van der Waals surface area (Å²) in [7, 11) is 0. The van der Waals surface area contributed by atoms with Gasteiger partial charge in [0.25, 0.3) is 0 Å². The Bertz CT molecular complexity index is 1260. The second-order valence-electron chi connectivity index (χ2n) is 6.54. The first-order chi connectivity index (χ1) is 13.2. The second kappa shape index (κ2) is 6.90. The Balaban J connectivity index is 1.55. The predicted molar refractivity (Wildman–Crippen MR) is 126 cm³/mol. The van der Waals surface area contributed by atoms with Gasteiger partial charge in [0.1, 0.15) is 0 Å². The summed E-state index contributed by atoms with van der Waals surface area (Å²) < 4.78 is 4.84. The molecule has 130 valence electrons. The van der Waals surface area contributed by atoms with Gasteiger partial charge in [-0.1, -0.05) is 86.5 Å². The zero-order chi connectivity index (χ0) is 18.4. The fourth-order valence-corrected chi connectivity index (χ4v) is 5.92. The first kappa shape index (κ1) is 17.2. The maximum Gasteiger partial charge on any atom is 0.0361 e. The predicted octanol–water partition coefficient (Wildman–Crippen LogP) is 8.91. The van der Waals surface area contributed by atoms with Crippen LogP contribution in [-0.4, -0.2) is 0 Å². The van der Waals surface area contributed by atoms with E-state index in [0.717, 1.165) is 8.95 Å². The van der Waals surface area contributed by atoms with Gasteiger partial charge in [0.15, 0.2) is 0 Å². The Morgan fingerprint density at radius 2 is 1.07 bits per heavy atom. The molecule has 0 nitrogen and oxygen atoms in total. The summed E-state index contributed by atoms with van der Waals surface area (Å²) in [6.07, 6.45) is 0. The van der Waals surface area contributed by atoms with E-state index in [9.17, 15) is 0 Å².